The fourth-order valence-corrected chi connectivity index (χ4v) is 4.17. The van der Waals surface area contributed by atoms with E-state index in [1.54, 1.807) is 11.8 Å². The van der Waals surface area contributed by atoms with Gasteiger partial charge in [-0.1, -0.05) is 12.1 Å². The number of primary amides is 1. The third kappa shape index (κ3) is 5.26. The quantitative estimate of drug-likeness (QED) is 0.585. The fraction of sp³-hybridized carbons (Fsp3) is 0.375. The van der Waals surface area contributed by atoms with Crippen LogP contribution in [0.5, 0.6) is 11.5 Å². The van der Waals surface area contributed by atoms with Gasteiger partial charge in [-0.2, -0.15) is 5.10 Å². The molecule has 1 aromatic carbocycles. The molecule has 1 amide bonds. The highest BCUT2D eigenvalue weighted by Gasteiger charge is 2.23. The molecule has 3 aromatic rings. The molecule has 1 unspecified atom stereocenters. The van der Waals surface area contributed by atoms with Crippen molar-refractivity contribution in [2.45, 2.75) is 25.3 Å². The summed E-state index contributed by atoms with van der Waals surface area (Å²) < 4.78 is 12.7. The van der Waals surface area contributed by atoms with E-state index in [1.807, 2.05) is 43.8 Å². The van der Waals surface area contributed by atoms with Crippen molar-refractivity contribution in [3.05, 3.63) is 60.2 Å². The number of amides is 1. The van der Waals surface area contributed by atoms with E-state index in [0.29, 0.717) is 17.4 Å². The largest absolute Gasteiger partial charge is 0.493 e. The molecule has 0 radical (unpaired) electrons. The second-order valence-corrected chi connectivity index (χ2v) is 8.19. The number of hydrogen-bond donors (Lipinski definition) is 1. The molecule has 0 spiro atoms. The van der Waals surface area contributed by atoms with Gasteiger partial charge in [-0.25, -0.2) is 0 Å². The normalized spacial score (nSPS) is 16.6. The molecule has 2 aromatic heterocycles. The van der Waals surface area contributed by atoms with Crippen LogP contribution in [0.15, 0.2) is 48.9 Å². The van der Waals surface area contributed by atoms with E-state index >= 15 is 0 Å². The molecule has 32 heavy (non-hydrogen) atoms. The number of nitrogens with two attached hydrogens (primary N) is 1. The zero-order valence-corrected chi connectivity index (χ0v) is 18.5. The smallest absolute Gasteiger partial charge is 0.255 e. The summed E-state index contributed by atoms with van der Waals surface area (Å²) in [6.07, 6.45) is 8.07. The van der Waals surface area contributed by atoms with E-state index in [9.17, 15) is 4.79 Å². The number of benzene rings is 1. The van der Waals surface area contributed by atoms with Gasteiger partial charge in [-0.05, 0) is 43.1 Å². The Kier molecular flexibility index (Phi) is 6.70. The van der Waals surface area contributed by atoms with E-state index in [-0.39, 0.29) is 6.61 Å². The predicted molar refractivity (Wildman–Crippen MR) is 121 cm³/mol. The molecule has 168 valence electrons. The summed E-state index contributed by atoms with van der Waals surface area (Å²) in [5.74, 6) is 1.01. The number of likely N-dealkylation sites (tertiary alicyclic amines) is 1. The zero-order chi connectivity index (χ0) is 22.5. The topological polar surface area (TPSA) is 95.5 Å². The highest BCUT2D eigenvalue weighted by atomic mass is 16.5. The second-order valence-electron chi connectivity index (χ2n) is 8.19. The van der Waals surface area contributed by atoms with E-state index in [2.05, 4.69) is 22.1 Å². The fourth-order valence-electron chi connectivity index (χ4n) is 4.17. The van der Waals surface area contributed by atoms with E-state index in [0.717, 1.165) is 54.9 Å². The van der Waals surface area contributed by atoms with Crippen LogP contribution in [-0.4, -0.2) is 52.4 Å². The minimum absolute atomic E-state index is 0.171. The Bertz CT molecular complexity index is 1060. The number of pyridine rings is 1. The molecule has 8 nitrogen and oxygen atoms in total. The SMILES string of the molecule is COc1cc(CN2CCCC(c3ccc(-c4cnn(C)c4)cn3)C2)ccc1OCC(N)=O. The maximum atomic E-state index is 11.0. The molecule has 4 rings (SSSR count). The van der Waals surface area contributed by atoms with Gasteiger partial charge in [0.15, 0.2) is 18.1 Å². The number of rotatable bonds is 8. The lowest BCUT2D eigenvalue weighted by atomic mass is 9.93. The van der Waals surface area contributed by atoms with Gasteiger partial charge in [0.05, 0.1) is 13.3 Å². The number of hydrogen-bond acceptors (Lipinski definition) is 6. The lowest BCUT2D eigenvalue weighted by Crippen LogP contribution is -2.34. The minimum Gasteiger partial charge on any atom is -0.493 e. The van der Waals surface area contributed by atoms with Crippen molar-refractivity contribution in [2.75, 3.05) is 26.8 Å². The van der Waals surface area contributed by atoms with Crippen LogP contribution in [0.1, 0.15) is 30.0 Å². The van der Waals surface area contributed by atoms with Crippen LogP contribution in [0.25, 0.3) is 11.1 Å². The number of aromatic nitrogens is 3. The number of piperidine rings is 1. The molecule has 0 aliphatic carbocycles. The highest BCUT2D eigenvalue weighted by molar-refractivity contribution is 5.75. The average molecular weight is 436 g/mol. The van der Waals surface area contributed by atoms with Crippen LogP contribution in [0.2, 0.25) is 0 Å². The Morgan fingerprint density at radius 2 is 2.06 bits per heavy atom. The molecule has 0 saturated carbocycles. The average Bonchev–Trinajstić information content (AvgIpc) is 3.24. The zero-order valence-electron chi connectivity index (χ0n) is 18.5. The van der Waals surface area contributed by atoms with Gasteiger partial charge in [0.25, 0.3) is 5.91 Å². The second kappa shape index (κ2) is 9.82. The van der Waals surface area contributed by atoms with Crippen LogP contribution in [0.3, 0.4) is 0 Å². The number of carbonyl (C=O) groups excluding carboxylic acids is 1. The van der Waals surface area contributed by atoms with E-state index in [4.69, 9.17) is 20.2 Å². The summed E-state index contributed by atoms with van der Waals surface area (Å²) in [4.78, 5) is 18.2. The third-order valence-corrected chi connectivity index (χ3v) is 5.75. The molecule has 1 aliphatic heterocycles. The highest BCUT2D eigenvalue weighted by Crippen LogP contribution is 2.31. The Hall–Kier alpha value is -3.39. The summed E-state index contributed by atoms with van der Waals surface area (Å²) in [6.45, 7) is 2.65. The van der Waals surface area contributed by atoms with Crippen LogP contribution in [0, 0.1) is 0 Å². The molecule has 1 saturated heterocycles. The Morgan fingerprint density at radius 3 is 2.75 bits per heavy atom. The van der Waals surface area contributed by atoms with Crippen molar-refractivity contribution in [3.63, 3.8) is 0 Å². The molecule has 8 heteroatoms. The third-order valence-electron chi connectivity index (χ3n) is 5.75. The van der Waals surface area contributed by atoms with Crippen LogP contribution in [-0.2, 0) is 18.4 Å². The molecule has 2 N–H and O–H groups in total. The van der Waals surface area contributed by atoms with Gasteiger partial charge in [0.1, 0.15) is 0 Å². The monoisotopic (exact) mass is 435 g/mol. The summed E-state index contributed by atoms with van der Waals surface area (Å²) >= 11 is 0. The van der Waals surface area contributed by atoms with Gasteiger partial charge >= 0.3 is 0 Å². The molecule has 1 fully saturated rings. The Balaban J connectivity index is 1.40. The lowest BCUT2D eigenvalue weighted by Gasteiger charge is -2.32. The maximum absolute atomic E-state index is 11.0. The predicted octanol–water partition coefficient (Wildman–Crippen LogP) is 2.73. The molecular formula is C24H29N5O3. The number of carbonyl (C=O) groups is 1. The number of nitrogens with zero attached hydrogens (tertiary/aromatic N) is 4. The lowest BCUT2D eigenvalue weighted by molar-refractivity contribution is -0.119. The van der Waals surface area contributed by atoms with Crippen molar-refractivity contribution in [1.29, 1.82) is 0 Å². The van der Waals surface area contributed by atoms with Gasteiger partial charge < -0.3 is 15.2 Å². The first-order chi connectivity index (χ1) is 15.5. The summed E-state index contributed by atoms with van der Waals surface area (Å²) in [5, 5.41) is 4.24. The minimum atomic E-state index is -0.516. The molecule has 3 heterocycles. The number of ether oxygens (including phenoxy) is 2. The van der Waals surface area contributed by atoms with Crippen LogP contribution >= 0.6 is 0 Å². The van der Waals surface area contributed by atoms with Gasteiger partial charge in [-0.3, -0.25) is 19.4 Å². The van der Waals surface area contributed by atoms with E-state index < -0.39 is 5.91 Å². The Labute approximate surface area is 188 Å². The van der Waals surface area contributed by atoms with Crippen molar-refractivity contribution < 1.29 is 14.3 Å². The van der Waals surface area contributed by atoms with Crippen molar-refractivity contribution in [1.82, 2.24) is 19.7 Å². The first kappa shape index (κ1) is 21.8. The van der Waals surface area contributed by atoms with Gasteiger partial charge in [0.2, 0.25) is 0 Å². The maximum Gasteiger partial charge on any atom is 0.255 e. The first-order valence-electron chi connectivity index (χ1n) is 10.8. The molecular weight excluding hydrogens is 406 g/mol. The molecule has 1 aliphatic rings. The van der Waals surface area contributed by atoms with Gasteiger partial charge in [0, 0.05) is 55.3 Å². The van der Waals surface area contributed by atoms with Crippen molar-refractivity contribution in [3.8, 4) is 22.6 Å². The van der Waals surface area contributed by atoms with Crippen molar-refractivity contribution in [2.24, 2.45) is 12.8 Å². The number of aryl methyl sites for hydroxylation is 1. The summed E-state index contributed by atoms with van der Waals surface area (Å²) in [5.41, 5.74) is 9.59. The number of methoxy groups -OCH3 is 1. The molecule has 1 atom stereocenters. The summed E-state index contributed by atoms with van der Waals surface area (Å²) in [7, 11) is 3.51. The van der Waals surface area contributed by atoms with E-state index in [1.165, 1.54) is 0 Å². The van der Waals surface area contributed by atoms with Gasteiger partial charge in [-0.15, -0.1) is 0 Å². The Morgan fingerprint density at radius 1 is 1.19 bits per heavy atom. The standard InChI is InChI=1S/C24H29N5O3/c1-28-14-20(12-27-28)18-6-7-21(26-11-18)19-4-3-9-29(15-19)13-17-5-8-22(23(10-17)31-2)32-16-24(25)30/h5-8,10-12,14,19H,3-4,9,13,15-16H2,1-2H3,(H2,25,30). The first-order valence-corrected chi connectivity index (χ1v) is 10.8. The van der Waals surface area contributed by atoms with Crippen LogP contribution < -0.4 is 15.2 Å². The van der Waals surface area contributed by atoms with Crippen molar-refractivity contribution >= 4 is 5.91 Å². The van der Waals surface area contributed by atoms with Crippen LogP contribution in [0.4, 0.5) is 0 Å². The summed E-state index contributed by atoms with van der Waals surface area (Å²) in [6, 6.07) is 10.1. The molecule has 0 bridgehead atoms.